The van der Waals surface area contributed by atoms with E-state index in [2.05, 4.69) is 10.3 Å². The van der Waals surface area contributed by atoms with E-state index >= 15 is 0 Å². The van der Waals surface area contributed by atoms with Crippen LogP contribution in [-0.4, -0.2) is 24.1 Å². The van der Waals surface area contributed by atoms with Crippen LogP contribution in [0.3, 0.4) is 0 Å². The molecule has 8 heteroatoms. The molecule has 0 spiro atoms. The molecule has 1 aliphatic rings. The molecule has 122 valence electrons. The number of anilines is 1. The third kappa shape index (κ3) is 2.54. The summed E-state index contributed by atoms with van der Waals surface area (Å²) in [5.74, 6) is -1.55. The number of nitrogens with zero attached hydrogens (tertiary/aromatic N) is 1. The number of aromatic nitrogens is 1. The predicted molar refractivity (Wildman–Crippen MR) is 84.9 cm³/mol. The van der Waals surface area contributed by atoms with Crippen LogP contribution in [0.4, 0.5) is 13.9 Å². The van der Waals surface area contributed by atoms with Crippen LogP contribution in [-0.2, 0) is 0 Å². The van der Waals surface area contributed by atoms with Gasteiger partial charge in [0.15, 0.2) is 16.6 Å². The average Bonchev–Trinajstić information content (AvgIpc) is 2.93. The van der Waals surface area contributed by atoms with Gasteiger partial charge in [0.1, 0.15) is 30.4 Å². The van der Waals surface area contributed by atoms with Gasteiger partial charge in [0, 0.05) is 12.1 Å². The molecule has 0 saturated heterocycles. The van der Waals surface area contributed by atoms with Gasteiger partial charge >= 0.3 is 0 Å². The van der Waals surface area contributed by atoms with Crippen LogP contribution >= 0.6 is 11.3 Å². The topological polar surface area (TPSA) is 60.5 Å². The van der Waals surface area contributed by atoms with Gasteiger partial charge in [0.05, 0.1) is 10.2 Å². The van der Waals surface area contributed by atoms with Gasteiger partial charge in [-0.05, 0) is 12.1 Å². The Bertz CT molecular complexity index is 895. The van der Waals surface area contributed by atoms with Gasteiger partial charge in [-0.1, -0.05) is 17.4 Å². The van der Waals surface area contributed by atoms with Crippen molar-refractivity contribution >= 4 is 32.6 Å². The number of hydrogen-bond acceptors (Lipinski definition) is 5. The molecule has 0 atom stereocenters. The van der Waals surface area contributed by atoms with E-state index in [0.29, 0.717) is 30.2 Å². The first kappa shape index (κ1) is 14.8. The smallest absolute Gasteiger partial charge is 0.263 e. The van der Waals surface area contributed by atoms with Crippen molar-refractivity contribution in [3.05, 3.63) is 47.5 Å². The van der Waals surface area contributed by atoms with E-state index in [9.17, 15) is 13.6 Å². The number of carbonyl (C=O) groups excluding carboxylic acids is 1. The maximum absolute atomic E-state index is 13.7. The largest absolute Gasteiger partial charge is 0.486 e. The zero-order chi connectivity index (χ0) is 16.7. The average molecular weight is 348 g/mol. The molecular formula is C16H10F2N2O3S. The van der Waals surface area contributed by atoms with Crippen LogP contribution < -0.4 is 14.8 Å². The van der Waals surface area contributed by atoms with Crippen molar-refractivity contribution in [2.75, 3.05) is 18.5 Å². The molecule has 0 bridgehead atoms. The monoisotopic (exact) mass is 348 g/mol. The van der Waals surface area contributed by atoms with Crippen molar-refractivity contribution in [2.45, 2.75) is 0 Å². The maximum atomic E-state index is 13.7. The van der Waals surface area contributed by atoms with Crippen molar-refractivity contribution in [2.24, 2.45) is 0 Å². The van der Waals surface area contributed by atoms with Gasteiger partial charge < -0.3 is 9.47 Å². The van der Waals surface area contributed by atoms with Crippen molar-refractivity contribution in [3.8, 4) is 11.5 Å². The van der Waals surface area contributed by atoms with Crippen LogP contribution in [0.2, 0.25) is 0 Å². The van der Waals surface area contributed by atoms with E-state index in [1.165, 1.54) is 17.4 Å². The molecule has 0 radical (unpaired) electrons. The summed E-state index contributed by atoms with van der Waals surface area (Å²) in [4.78, 5) is 16.4. The van der Waals surface area contributed by atoms with Crippen LogP contribution in [0.1, 0.15) is 10.4 Å². The normalized spacial score (nSPS) is 13.1. The van der Waals surface area contributed by atoms with Crippen molar-refractivity contribution in [1.82, 2.24) is 4.98 Å². The van der Waals surface area contributed by atoms with Gasteiger partial charge in [-0.15, -0.1) is 0 Å². The Morgan fingerprint density at radius 2 is 1.79 bits per heavy atom. The second kappa shape index (κ2) is 5.72. The number of hydrogen-bond donors (Lipinski definition) is 1. The second-order valence-electron chi connectivity index (χ2n) is 5.03. The highest BCUT2D eigenvalue weighted by molar-refractivity contribution is 7.22. The first-order valence-corrected chi connectivity index (χ1v) is 7.89. The fraction of sp³-hybridized carbons (Fsp3) is 0.125. The fourth-order valence-corrected chi connectivity index (χ4v) is 3.26. The molecule has 1 aromatic heterocycles. The summed E-state index contributed by atoms with van der Waals surface area (Å²) in [7, 11) is 0. The van der Waals surface area contributed by atoms with Gasteiger partial charge in [0.25, 0.3) is 5.91 Å². The third-order valence-corrected chi connectivity index (χ3v) is 4.40. The molecule has 0 saturated carbocycles. The van der Waals surface area contributed by atoms with Crippen LogP contribution in [0.25, 0.3) is 10.2 Å². The molecule has 5 nitrogen and oxygen atoms in total. The molecule has 1 aliphatic heterocycles. The summed E-state index contributed by atoms with van der Waals surface area (Å²) >= 11 is 1.18. The Labute approximate surface area is 138 Å². The fourth-order valence-electron chi connectivity index (χ4n) is 2.39. The van der Waals surface area contributed by atoms with Crippen LogP contribution in [0.15, 0.2) is 30.3 Å². The standard InChI is InChI=1S/C16H10F2N2O3S/c17-8-2-1-3-9(18)14(8)15(21)20-16-19-10-6-11-12(7-13(10)24-16)23-5-4-22-11/h1-3,6-7H,4-5H2,(H,19,20,21). The molecule has 2 aromatic carbocycles. The number of ether oxygens (including phenoxy) is 2. The molecular weight excluding hydrogens is 338 g/mol. The summed E-state index contributed by atoms with van der Waals surface area (Å²) < 4.78 is 39.1. The van der Waals surface area contributed by atoms with Gasteiger partial charge in [-0.3, -0.25) is 10.1 Å². The Morgan fingerprint density at radius 3 is 2.50 bits per heavy atom. The van der Waals surface area contributed by atoms with Crippen molar-refractivity contribution in [3.63, 3.8) is 0 Å². The lowest BCUT2D eigenvalue weighted by Crippen LogP contribution is -2.15. The first-order chi connectivity index (χ1) is 11.6. The van der Waals surface area contributed by atoms with E-state index in [-0.39, 0.29) is 5.13 Å². The lowest BCUT2D eigenvalue weighted by molar-refractivity contribution is 0.101. The Hall–Kier alpha value is -2.74. The number of nitrogens with one attached hydrogen (secondary N) is 1. The molecule has 1 N–H and O–H groups in total. The van der Waals surface area contributed by atoms with Crippen molar-refractivity contribution < 1.29 is 23.0 Å². The van der Waals surface area contributed by atoms with E-state index in [1.807, 2.05) is 0 Å². The highest BCUT2D eigenvalue weighted by Crippen LogP contribution is 2.37. The second-order valence-corrected chi connectivity index (χ2v) is 6.06. The Kier molecular flexibility index (Phi) is 3.53. The lowest BCUT2D eigenvalue weighted by Gasteiger charge is -2.17. The zero-order valence-corrected chi connectivity index (χ0v) is 13.0. The number of carbonyl (C=O) groups is 1. The lowest BCUT2D eigenvalue weighted by atomic mass is 10.2. The molecule has 4 rings (SSSR count). The minimum Gasteiger partial charge on any atom is -0.486 e. The third-order valence-electron chi connectivity index (χ3n) is 3.46. The molecule has 2 heterocycles. The number of halogens is 2. The summed E-state index contributed by atoms with van der Waals surface area (Å²) in [5, 5.41) is 2.66. The number of amides is 1. The molecule has 0 aliphatic carbocycles. The number of thiazole rings is 1. The number of fused-ring (bicyclic) bond motifs is 2. The van der Waals surface area contributed by atoms with Gasteiger partial charge in [-0.2, -0.15) is 0 Å². The first-order valence-electron chi connectivity index (χ1n) is 7.07. The molecule has 24 heavy (non-hydrogen) atoms. The van der Waals surface area contributed by atoms with Crippen molar-refractivity contribution in [1.29, 1.82) is 0 Å². The Balaban J connectivity index is 1.66. The predicted octanol–water partition coefficient (Wildman–Crippen LogP) is 3.60. The van der Waals surface area contributed by atoms with E-state index in [1.54, 1.807) is 12.1 Å². The number of rotatable bonds is 2. The minimum atomic E-state index is -0.925. The minimum absolute atomic E-state index is 0.236. The Morgan fingerprint density at radius 1 is 1.12 bits per heavy atom. The van der Waals surface area contributed by atoms with Crippen LogP contribution in [0.5, 0.6) is 11.5 Å². The number of benzene rings is 2. The summed E-state index contributed by atoms with van der Waals surface area (Å²) in [6.07, 6.45) is 0. The van der Waals surface area contributed by atoms with Crippen LogP contribution in [0, 0.1) is 11.6 Å². The molecule has 0 fully saturated rings. The summed E-state index contributed by atoms with van der Waals surface area (Å²) in [5.41, 5.74) is -0.0312. The SMILES string of the molecule is O=C(Nc1nc2cc3c(cc2s1)OCCO3)c1c(F)cccc1F. The summed E-state index contributed by atoms with van der Waals surface area (Å²) in [6, 6.07) is 6.72. The molecule has 3 aromatic rings. The van der Waals surface area contributed by atoms with E-state index < -0.39 is 23.1 Å². The van der Waals surface area contributed by atoms with E-state index in [0.717, 1.165) is 16.8 Å². The highest BCUT2D eigenvalue weighted by atomic mass is 32.1. The zero-order valence-electron chi connectivity index (χ0n) is 12.1. The highest BCUT2D eigenvalue weighted by Gasteiger charge is 2.20. The summed E-state index contributed by atoms with van der Waals surface area (Å²) in [6.45, 7) is 0.923. The van der Waals surface area contributed by atoms with Gasteiger partial charge in [0.2, 0.25) is 0 Å². The quantitative estimate of drug-likeness (QED) is 0.769. The molecule has 1 amide bonds. The van der Waals surface area contributed by atoms with E-state index in [4.69, 9.17) is 9.47 Å². The van der Waals surface area contributed by atoms with Gasteiger partial charge in [-0.25, -0.2) is 13.8 Å². The maximum Gasteiger partial charge on any atom is 0.263 e. The molecule has 0 unspecified atom stereocenters.